The molecular weight excluding hydrogens is 482 g/mol. The molecule has 0 saturated heterocycles. The molecule has 0 fully saturated rings. The minimum Gasteiger partial charge on any atom is -0.494 e. The summed E-state index contributed by atoms with van der Waals surface area (Å²) in [7, 11) is 0. The summed E-state index contributed by atoms with van der Waals surface area (Å²) in [6, 6.07) is 17.3. The molecule has 2 aromatic carbocycles. The Morgan fingerprint density at radius 3 is 2.60 bits per heavy atom. The highest BCUT2D eigenvalue weighted by Gasteiger charge is 2.17. The number of nitrogens with one attached hydrogen (secondary N) is 2. The van der Waals surface area contributed by atoms with Crippen molar-refractivity contribution < 1.29 is 14.2 Å². The van der Waals surface area contributed by atoms with E-state index in [1.165, 1.54) is 0 Å². The van der Waals surface area contributed by atoms with E-state index in [1.54, 1.807) is 11.3 Å². The number of hydrogen-bond donors (Lipinski definition) is 2. The lowest BCUT2D eigenvalue weighted by atomic mass is 10.1. The lowest BCUT2D eigenvalue weighted by Gasteiger charge is -2.25. The number of thiocarbonyl (C=S) groups is 1. The van der Waals surface area contributed by atoms with Gasteiger partial charge in [-0.1, -0.05) is 6.07 Å². The summed E-state index contributed by atoms with van der Waals surface area (Å²) in [5.74, 6) is 2.13. The summed E-state index contributed by atoms with van der Waals surface area (Å²) in [4.78, 5) is 19.1. The number of rotatable bonds is 7. The number of thiophene rings is 1. The predicted molar refractivity (Wildman–Crippen MR) is 143 cm³/mol. The van der Waals surface area contributed by atoms with Crippen LogP contribution in [0.15, 0.2) is 64.8 Å². The maximum Gasteiger partial charge on any atom is 0.253 e. The van der Waals surface area contributed by atoms with E-state index in [-0.39, 0.29) is 5.56 Å². The van der Waals surface area contributed by atoms with Gasteiger partial charge < -0.3 is 29.4 Å². The van der Waals surface area contributed by atoms with Gasteiger partial charge in [0, 0.05) is 27.6 Å². The van der Waals surface area contributed by atoms with Crippen molar-refractivity contribution in [3.8, 4) is 17.2 Å². The summed E-state index contributed by atoms with van der Waals surface area (Å²) >= 11 is 7.43. The third-order valence-corrected chi connectivity index (χ3v) is 6.80. The number of H-pyrrole nitrogens is 1. The Kier molecular flexibility index (Phi) is 6.87. The van der Waals surface area contributed by atoms with Crippen LogP contribution >= 0.6 is 23.6 Å². The molecular formula is C26H25N3O4S2. The fourth-order valence-electron chi connectivity index (χ4n) is 3.90. The molecule has 0 amide bonds. The molecule has 4 aromatic rings. The van der Waals surface area contributed by atoms with E-state index >= 15 is 0 Å². The zero-order chi connectivity index (χ0) is 24.2. The van der Waals surface area contributed by atoms with Crippen molar-refractivity contribution >= 4 is 45.3 Å². The van der Waals surface area contributed by atoms with Crippen LogP contribution in [-0.4, -0.2) is 34.8 Å². The quantitative estimate of drug-likeness (QED) is 0.335. The van der Waals surface area contributed by atoms with Gasteiger partial charge in [-0.05, 0) is 67.0 Å². The van der Waals surface area contributed by atoms with E-state index in [1.807, 2.05) is 65.7 Å². The van der Waals surface area contributed by atoms with Crippen molar-refractivity contribution in [3.63, 3.8) is 0 Å². The largest absolute Gasteiger partial charge is 0.494 e. The molecule has 7 nitrogen and oxygen atoms in total. The minimum absolute atomic E-state index is 0.158. The van der Waals surface area contributed by atoms with Crippen LogP contribution in [0.1, 0.15) is 17.4 Å². The Hall–Kier alpha value is -3.56. The number of aromatic amines is 1. The first-order valence-corrected chi connectivity index (χ1v) is 12.6. The number of fused-ring (bicyclic) bond motifs is 2. The molecule has 0 unspecified atom stereocenters. The van der Waals surface area contributed by atoms with Gasteiger partial charge in [0.1, 0.15) is 19.0 Å². The fraction of sp³-hybridized carbons (Fsp3) is 0.231. The highest BCUT2D eigenvalue weighted by atomic mass is 32.1. The normalized spacial score (nSPS) is 12.4. The van der Waals surface area contributed by atoms with Crippen LogP contribution in [0.25, 0.3) is 10.9 Å². The second-order valence-corrected chi connectivity index (χ2v) is 9.45. The second kappa shape index (κ2) is 10.4. The lowest BCUT2D eigenvalue weighted by Crippen LogP contribution is -2.35. The third kappa shape index (κ3) is 5.41. The number of nitrogens with zero attached hydrogens (tertiary/aromatic N) is 1. The molecule has 0 saturated carbocycles. The number of anilines is 1. The van der Waals surface area contributed by atoms with Gasteiger partial charge in [-0.25, -0.2) is 0 Å². The molecule has 1 aliphatic rings. The highest BCUT2D eigenvalue weighted by molar-refractivity contribution is 7.80. The first kappa shape index (κ1) is 23.2. The van der Waals surface area contributed by atoms with Crippen LogP contribution in [0.4, 0.5) is 5.69 Å². The maximum absolute atomic E-state index is 13.0. The molecule has 3 heterocycles. The Bertz CT molecular complexity index is 1380. The molecule has 0 aliphatic carbocycles. The Morgan fingerprint density at radius 1 is 1.11 bits per heavy atom. The van der Waals surface area contributed by atoms with Crippen molar-refractivity contribution in [2.24, 2.45) is 0 Å². The topological polar surface area (TPSA) is 75.8 Å². The van der Waals surface area contributed by atoms with Crippen LogP contribution in [0, 0.1) is 0 Å². The highest BCUT2D eigenvalue weighted by Crippen LogP contribution is 2.33. The van der Waals surface area contributed by atoms with Gasteiger partial charge in [-0.2, -0.15) is 0 Å². The van der Waals surface area contributed by atoms with E-state index in [2.05, 4.69) is 16.4 Å². The van der Waals surface area contributed by atoms with E-state index in [0.717, 1.165) is 21.7 Å². The monoisotopic (exact) mass is 507 g/mol. The van der Waals surface area contributed by atoms with Gasteiger partial charge in [-0.15, -0.1) is 11.3 Å². The van der Waals surface area contributed by atoms with Gasteiger partial charge in [0.15, 0.2) is 16.6 Å². The van der Waals surface area contributed by atoms with E-state index in [9.17, 15) is 4.79 Å². The second-order valence-electron chi connectivity index (χ2n) is 8.03. The van der Waals surface area contributed by atoms with Crippen molar-refractivity contribution in [3.05, 3.63) is 80.8 Å². The van der Waals surface area contributed by atoms with E-state index in [4.69, 9.17) is 26.4 Å². The Morgan fingerprint density at radius 2 is 1.89 bits per heavy atom. The van der Waals surface area contributed by atoms with E-state index in [0.29, 0.717) is 60.6 Å². The molecule has 2 N–H and O–H groups in total. The number of benzene rings is 2. The summed E-state index contributed by atoms with van der Waals surface area (Å²) in [5.41, 5.74) is 2.02. The molecule has 1 aliphatic heterocycles. The van der Waals surface area contributed by atoms with Crippen LogP contribution in [0.3, 0.4) is 0 Å². The molecule has 35 heavy (non-hydrogen) atoms. The average Bonchev–Trinajstić information content (AvgIpc) is 3.37. The molecule has 0 spiro atoms. The molecule has 0 bridgehead atoms. The van der Waals surface area contributed by atoms with Crippen molar-refractivity contribution in [2.45, 2.75) is 20.0 Å². The van der Waals surface area contributed by atoms with Gasteiger partial charge in [0.05, 0.1) is 25.2 Å². The summed E-state index contributed by atoms with van der Waals surface area (Å²) in [5, 5.41) is 6.74. The smallest absolute Gasteiger partial charge is 0.253 e. The molecule has 0 atom stereocenters. The summed E-state index contributed by atoms with van der Waals surface area (Å²) in [6.07, 6.45) is 0. The minimum atomic E-state index is -0.158. The summed E-state index contributed by atoms with van der Waals surface area (Å²) < 4.78 is 16.9. The zero-order valence-corrected chi connectivity index (χ0v) is 20.8. The molecule has 180 valence electrons. The predicted octanol–water partition coefficient (Wildman–Crippen LogP) is 5.16. The van der Waals surface area contributed by atoms with Gasteiger partial charge in [0.2, 0.25) is 0 Å². The molecule has 9 heteroatoms. The fourth-order valence-corrected chi connectivity index (χ4v) is 4.87. The van der Waals surface area contributed by atoms with Gasteiger partial charge >= 0.3 is 0 Å². The first-order chi connectivity index (χ1) is 17.1. The number of aromatic nitrogens is 1. The Balaban J connectivity index is 1.41. The number of hydrogen-bond acceptors (Lipinski definition) is 6. The van der Waals surface area contributed by atoms with Gasteiger partial charge in [0.25, 0.3) is 5.56 Å². The number of ether oxygens (including phenoxy) is 3. The van der Waals surface area contributed by atoms with Crippen molar-refractivity contribution in [2.75, 3.05) is 25.1 Å². The first-order valence-electron chi connectivity index (χ1n) is 11.4. The average molecular weight is 508 g/mol. The standard InChI is InChI=1S/C26H25N3O4S2/c1-2-31-20-7-5-19(6-8-20)27-26(34)29(16-21-4-3-11-35-21)15-18-12-17-13-23-24(33-10-9-32-23)14-22(17)28-25(18)30/h3-8,11-14H,2,9-10,15-16H2,1H3,(H,27,34)(H,28,30). The maximum atomic E-state index is 13.0. The van der Waals surface area contributed by atoms with E-state index < -0.39 is 0 Å². The van der Waals surface area contributed by atoms with Crippen molar-refractivity contribution in [1.82, 2.24) is 9.88 Å². The van der Waals surface area contributed by atoms with Gasteiger partial charge in [-0.3, -0.25) is 4.79 Å². The molecule has 0 radical (unpaired) electrons. The van der Waals surface area contributed by atoms with Crippen LogP contribution in [-0.2, 0) is 13.1 Å². The third-order valence-electron chi connectivity index (χ3n) is 5.58. The van der Waals surface area contributed by atoms with Crippen LogP contribution in [0.2, 0.25) is 0 Å². The molecule has 2 aromatic heterocycles. The zero-order valence-electron chi connectivity index (χ0n) is 19.2. The number of pyridine rings is 1. The van der Waals surface area contributed by atoms with Crippen LogP contribution < -0.4 is 25.1 Å². The SMILES string of the molecule is CCOc1ccc(NC(=S)N(Cc2cccs2)Cc2cc3cc4c(cc3[nH]c2=O)OCCO4)cc1. The lowest BCUT2D eigenvalue weighted by molar-refractivity contribution is 0.172. The van der Waals surface area contributed by atoms with Crippen LogP contribution in [0.5, 0.6) is 17.2 Å². The summed E-state index contributed by atoms with van der Waals surface area (Å²) in [6.45, 7) is 4.50. The molecule has 5 rings (SSSR count). The van der Waals surface area contributed by atoms with Crippen molar-refractivity contribution in [1.29, 1.82) is 0 Å². The Labute approximate surface area is 212 Å².